The molecule has 2 aromatic rings. The Bertz CT molecular complexity index is 491. The quantitative estimate of drug-likeness (QED) is 0.786. The topological polar surface area (TPSA) is 17.0 Å². The Balaban J connectivity index is 1.94. The van der Waals surface area contributed by atoms with Crippen LogP contribution in [0.2, 0.25) is 5.02 Å². The van der Waals surface area contributed by atoms with Crippen LogP contribution in [-0.2, 0) is 13.1 Å². The van der Waals surface area contributed by atoms with Gasteiger partial charge in [-0.25, -0.2) is 0 Å². The molecular weight excluding hydrogens is 244 g/mol. The van der Waals surface area contributed by atoms with Gasteiger partial charge >= 0.3 is 0 Å². The van der Waals surface area contributed by atoms with Crippen molar-refractivity contribution >= 4 is 11.6 Å². The second kappa shape index (κ2) is 6.62. The van der Waals surface area contributed by atoms with Crippen LogP contribution in [0.5, 0.6) is 0 Å². The van der Waals surface area contributed by atoms with Crippen LogP contribution in [0.15, 0.2) is 42.7 Å². The summed E-state index contributed by atoms with van der Waals surface area (Å²) in [6.45, 7) is 5.06. The normalized spacial score (nSPS) is 10.8. The van der Waals surface area contributed by atoms with Crippen LogP contribution in [0.1, 0.15) is 24.5 Å². The van der Waals surface area contributed by atoms with E-state index in [1.165, 1.54) is 17.5 Å². The molecule has 0 radical (unpaired) electrons. The average molecular weight is 263 g/mol. The molecule has 96 valence electrons. The minimum Gasteiger partial charge on any atom is -0.350 e. The fourth-order valence-corrected chi connectivity index (χ4v) is 2.16. The van der Waals surface area contributed by atoms with E-state index in [1.807, 2.05) is 18.2 Å². The summed E-state index contributed by atoms with van der Waals surface area (Å²) in [5, 5.41) is 4.20. The number of nitrogens with one attached hydrogen (secondary N) is 1. The molecule has 0 aliphatic carbocycles. The summed E-state index contributed by atoms with van der Waals surface area (Å²) in [4.78, 5) is 0. The molecule has 2 rings (SSSR count). The van der Waals surface area contributed by atoms with Crippen molar-refractivity contribution in [3.8, 4) is 0 Å². The molecule has 0 saturated heterocycles. The molecule has 1 aromatic carbocycles. The van der Waals surface area contributed by atoms with Crippen molar-refractivity contribution in [1.82, 2.24) is 9.88 Å². The van der Waals surface area contributed by atoms with Gasteiger partial charge in [0.15, 0.2) is 0 Å². The number of hydrogen-bond donors (Lipinski definition) is 1. The van der Waals surface area contributed by atoms with E-state index in [9.17, 15) is 0 Å². The van der Waals surface area contributed by atoms with Gasteiger partial charge in [-0.2, -0.15) is 0 Å². The molecule has 0 fully saturated rings. The number of benzene rings is 1. The van der Waals surface area contributed by atoms with Crippen LogP contribution in [0, 0.1) is 0 Å². The number of hydrogen-bond acceptors (Lipinski definition) is 1. The van der Waals surface area contributed by atoms with E-state index in [2.05, 4.69) is 41.3 Å². The molecular formula is C15H19ClN2. The lowest BCUT2D eigenvalue weighted by atomic mass is 10.2. The summed E-state index contributed by atoms with van der Waals surface area (Å²) in [7, 11) is 0. The summed E-state index contributed by atoms with van der Waals surface area (Å²) in [6, 6.07) is 10.2. The van der Waals surface area contributed by atoms with E-state index in [0.717, 1.165) is 24.7 Å². The minimum absolute atomic E-state index is 0.796. The van der Waals surface area contributed by atoms with E-state index in [1.54, 1.807) is 0 Å². The molecule has 1 aromatic heterocycles. The van der Waals surface area contributed by atoms with Gasteiger partial charge in [-0.3, -0.25) is 0 Å². The molecule has 1 heterocycles. The SMILES string of the molecule is CCCNCc1ccn(Cc2cccc(Cl)c2)c1. The predicted molar refractivity (Wildman–Crippen MR) is 77.0 cm³/mol. The number of halogens is 1. The molecule has 0 atom stereocenters. The second-order valence-electron chi connectivity index (χ2n) is 4.50. The highest BCUT2D eigenvalue weighted by Gasteiger charge is 1.99. The molecule has 1 N–H and O–H groups in total. The molecule has 0 saturated carbocycles. The molecule has 0 spiro atoms. The lowest BCUT2D eigenvalue weighted by molar-refractivity contribution is 0.673. The Morgan fingerprint density at radius 3 is 2.89 bits per heavy atom. The van der Waals surface area contributed by atoms with Gasteiger partial charge in [-0.1, -0.05) is 30.7 Å². The zero-order chi connectivity index (χ0) is 12.8. The van der Waals surface area contributed by atoms with Crippen molar-refractivity contribution in [2.24, 2.45) is 0 Å². The largest absolute Gasteiger partial charge is 0.350 e. The fourth-order valence-electron chi connectivity index (χ4n) is 1.95. The monoisotopic (exact) mass is 262 g/mol. The smallest absolute Gasteiger partial charge is 0.0470 e. The van der Waals surface area contributed by atoms with E-state index in [4.69, 9.17) is 11.6 Å². The molecule has 18 heavy (non-hydrogen) atoms. The van der Waals surface area contributed by atoms with Gasteiger partial charge in [0.25, 0.3) is 0 Å². The zero-order valence-electron chi connectivity index (χ0n) is 10.7. The van der Waals surface area contributed by atoms with Crippen LogP contribution in [0.3, 0.4) is 0 Å². The van der Waals surface area contributed by atoms with Crippen LogP contribution in [0.25, 0.3) is 0 Å². The van der Waals surface area contributed by atoms with Gasteiger partial charge in [0.05, 0.1) is 0 Å². The summed E-state index contributed by atoms with van der Waals surface area (Å²) in [5.41, 5.74) is 2.55. The maximum absolute atomic E-state index is 5.98. The maximum atomic E-state index is 5.98. The first-order valence-electron chi connectivity index (χ1n) is 6.37. The van der Waals surface area contributed by atoms with Crippen LogP contribution in [0.4, 0.5) is 0 Å². The average Bonchev–Trinajstić information content (AvgIpc) is 2.77. The Kier molecular flexibility index (Phi) is 4.85. The highest BCUT2D eigenvalue weighted by molar-refractivity contribution is 6.30. The maximum Gasteiger partial charge on any atom is 0.0470 e. The third-order valence-electron chi connectivity index (χ3n) is 2.82. The van der Waals surface area contributed by atoms with E-state index in [-0.39, 0.29) is 0 Å². The van der Waals surface area contributed by atoms with Crippen molar-refractivity contribution in [1.29, 1.82) is 0 Å². The van der Waals surface area contributed by atoms with Crippen molar-refractivity contribution in [2.45, 2.75) is 26.4 Å². The number of nitrogens with zero attached hydrogens (tertiary/aromatic N) is 1. The first-order chi connectivity index (χ1) is 8.78. The van der Waals surface area contributed by atoms with Crippen LogP contribution >= 0.6 is 11.6 Å². The van der Waals surface area contributed by atoms with Crippen LogP contribution in [-0.4, -0.2) is 11.1 Å². The third kappa shape index (κ3) is 3.90. The summed E-state index contributed by atoms with van der Waals surface area (Å²) in [6.07, 6.45) is 5.47. The molecule has 0 aliphatic rings. The minimum atomic E-state index is 0.796. The van der Waals surface area contributed by atoms with Crippen molar-refractivity contribution in [3.05, 3.63) is 58.9 Å². The first-order valence-corrected chi connectivity index (χ1v) is 6.75. The van der Waals surface area contributed by atoms with Gasteiger partial charge in [-0.15, -0.1) is 0 Å². The molecule has 0 bridgehead atoms. The lowest BCUT2D eigenvalue weighted by Gasteiger charge is -2.04. The Morgan fingerprint density at radius 2 is 2.11 bits per heavy atom. The third-order valence-corrected chi connectivity index (χ3v) is 3.06. The van der Waals surface area contributed by atoms with E-state index < -0.39 is 0 Å². The Labute approximate surface area is 114 Å². The molecule has 2 nitrogen and oxygen atoms in total. The van der Waals surface area contributed by atoms with Gasteiger partial charge < -0.3 is 9.88 Å². The Hall–Kier alpha value is -1.25. The molecule has 3 heteroatoms. The van der Waals surface area contributed by atoms with Gasteiger partial charge in [-0.05, 0) is 42.3 Å². The zero-order valence-corrected chi connectivity index (χ0v) is 11.5. The van der Waals surface area contributed by atoms with Crippen molar-refractivity contribution < 1.29 is 0 Å². The molecule has 0 amide bonds. The Morgan fingerprint density at radius 1 is 1.22 bits per heavy atom. The highest BCUT2D eigenvalue weighted by atomic mass is 35.5. The summed E-state index contributed by atoms with van der Waals surface area (Å²) in [5.74, 6) is 0. The number of aromatic nitrogens is 1. The molecule has 0 aliphatic heterocycles. The van der Waals surface area contributed by atoms with E-state index in [0.29, 0.717) is 0 Å². The standard InChI is InChI=1S/C15H19ClN2/c1-2-7-17-10-14-6-8-18(12-14)11-13-4-3-5-15(16)9-13/h3-6,8-9,12,17H,2,7,10-11H2,1H3. The highest BCUT2D eigenvalue weighted by Crippen LogP contribution is 2.12. The predicted octanol–water partition coefficient (Wildman–Crippen LogP) is 3.69. The van der Waals surface area contributed by atoms with Crippen molar-refractivity contribution in [2.75, 3.05) is 6.54 Å². The van der Waals surface area contributed by atoms with E-state index >= 15 is 0 Å². The first kappa shape index (κ1) is 13.2. The summed E-state index contributed by atoms with van der Waals surface area (Å²) >= 11 is 5.98. The van der Waals surface area contributed by atoms with Gasteiger partial charge in [0.1, 0.15) is 0 Å². The van der Waals surface area contributed by atoms with Crippen molar-refractivity contribution in [3.63, 3.8) is 0 Å². The number of rotatable bonds is 6. The summed E-state index contributed by atoms with van der Waals surface area (Å²) < 4.78 is 2.19. The second-order valence-corrected chi connectivity index (χ2v) is 4.94. The van der Waals surface area contributed by atoms with Crippen LogP contribution < -0.4 is 5.32 Å². The molecule has 0 unspecified atom stereocenters. The van der Waals surface area contributed by atoms with Gasteiger partial charge in [0, 0.05) is 30.5 Å². The lowest BCUT2D eigenvalue weighted by Crippen LogP contribution is -2.13. The van der Waals surface area contributed by atoms with Gasteiger partial charge in [0.2, 0.25) is 0 Å². The fraction of sp³-hybridized carbons (Fsp3) is 0.333.